The standard InChI is InChI=1S/C27H37F2N6O3Si/c1-27(2,3)22-19(38-39(4)5)9-8-18-23(22)32-25(24(28)29)35(18)26-30-20(33-11-13-37-14-12-33)15-21(31-26)34-10-6-7-17(34)16-36/h8-9,15,17,24,36H,6-7,10-14,16H2,1-5H3. The molecule has 2 aliphatic heterocycles. The number of alkyl halides is 2. The smallest absolute Gasteiger partial charge is 0.296 e. The molecule has 1 N–H and O–H groups in total. The third kappa shape index (κ3) is 5.46. The Morgan fingerprint density at radius 1 is 1.10 bits per heavy atom. The first-order chi connectivity index (χ1) is 18.6. The van der Waals surface area contributed by atoms with Crippen molar-refractivity contribution in [3.05, 3.63) is 29.6 Å². The van der Waals surface area contributed by atoms with E-state index in [9.17, 15) is 13.9 Å². The maximum absolute atomic E-state index is 14.6. The zero-order valence-corrected chi connectivity index (χ0v) is 24.2. The fourth-order valence-corrected chi connectivity index (χ4v) is 6.08. The molecular formula is C27H37F2N6O3Si. The Bertz CT molecular complexity index is 1320. The lowest BCUT2D eigenvalue weighted by molar-refractivity contribution is 0.122. The van der Waals surface area contributed by atoms with E-state index in [0.29, 0.717) is 54.7 Å². The van der Waals surface area contributed by atoms with Gasteiger partial charge in [-0.05, 0) is 43.5 Å². The highest BCUT2D eigenvalue weighted by molar-refractivity contribution is 6.49. The molecule has 39 heavy (non-hydrogen) atoms. The number of aliphatic hydroxyl groups excluding tert-OH is 1. The van der Waals surface area contributed by atoms with E-state index >= 15 is 0 Å². The van der Waals surface area contributed by atoms with Crippen molar-refractivity contribution in [3.63, 3.8) is 0 Å². The summed E-state index contributed by atoms with van der Waals surface area (Å²) in [5.41, 5.74) is 1.36. The van der Waals surface area contributed by atoms with Crippen molar-refractivity contribution >= 4 is 31.7 Å². The van der Waals surface area contributed by atoms with E-state index in [-0.39, 0.29) is 18.6 Å². The number of imidazole rings is 1. The molecule has 0 bridgehead atoms. The van der Waals surface area contributed by atoms with Crippen molar-refractivity contribution in [2.45, 2.75) is 64.6 Å². The summed E-state index contributed by atoms with van der Waals surface area (Å²) in [6, 6.07) is 5.44. The molecule has 0 saturated carbocycles. The van der Waals surface area contributed by atoms with Crippen molar-refractivity contribution in [1.29, 1.82) is 0 Å². The van der Waals surface area contributed by atoms with Crippen LogP contribution >= 0.6 is 0 Å². The van der Waals surface area contributed by atoms with E-state index in [1.807, 2.05) is 46.0 Å². The normalized spacial score (nSPS) is 18.7. The molecule has 1 atom stereocenters. The fourth-order valence-electron chi connectivity index (χ4n) is 5.47. The van der Waals surface area contributed by atoms with Crippen LogP contribution in [0, 0.1) is 0 Å². The summed E-state index contributed by atoms with van der Waals surface area (Å²) in [7, 11) is -1.10. The third-order valence-corrected chi connectivity index (χ3v) is 7.81. The highest BCUT2D eigenvalue weighted by Crippen LogP contribution is 2.40. The first kappa shape index (κ1) is 27.7. The molecule has 1 aromatic carbocycles. The van der Waals surface area contributed by atoms with Crippen LogP contribution in [0.4, 0.5) is 20.4 Å². The second-order valence-electron chi connectivity index (χ2n) is 11.3. The van der Waals surface area contributed by atoms with Crippen LogP contribution in [0.1, 0.15) is 51.4 Å². The summed E-state index contributed by atoms with van der Waals surface area (Å²) >= 11 is 0. The second-order valence-corrected chi connectivity index (χ2v) is 13.3. The molecule has 2 fully saturated rings. The fraction of sp³-hybridized carbons (Fsp3) is 0.593. The van der Waals surface area contributed by atoms with Gasteiger partial charge in [-0.1, -0.05) is 20.8 Å². The number of benzene rings is 1. The monoisotopic (exact) mass is 559 g/mol. The van der Waals surface area contributed by atoms with Gasteiger partial charge in [0.15, 0.2) is 5.82 Å². The minimum atomic E-state index is -2.84. The van der Waals surface area contributed by atoms with Crippen LogP contribution in [-0.4, -0.2) is 79.2 Å². The predicted octanol–water partition coefficient (Wildman–Crippen LogP) is 4.48. The molecule has 9 nitrogen and oxygen atoms in total. The molecule has 1 unspecified atom stereocenters. The van der Waals surface area contributed by atoms with E-state index in [0.717, 1.165) is 24.9 Å². The summed E-state index contributed by atoms with van der Waals surface area (Å²) < 4.78 is 42.4. The number of fused-ring (bicyclic) bond motifs is 1. The van der Waals surface area contributed by atoms with Crippen LogP contribution in [0.25, 0.3) is 17.0 Å². The number of hydrogen-bond acceptors (Lipinski definition) is 8. The van der Waals surface area contributed by atoms with Gasteiger partial charge < -0.3 is 24.1 Å². The summed E-state index contributed by atoms with van der Waals surface area (Å²) in [6.45, 7) is 13.3. The van der Waals surface area contributed by atoms with Gasteiger partial charge in [0.1, 0.15) is 17.4 Å². The summed E-state index contributed by atoms with van der Waals surface area (Å²) in [5.74, 6) is 1.66. The maximum atomic E-state index is 14.6. The number of ether oxygens (including phenoxy) is 1. The topological polar surface area (TPSA) is 88.8 Å². The molecule has 4 heterocycles. The van der Waals surface area contributed by atoms with E-state index in [1.165, 1.54) is 4.57 Å². The second kappa shape index (κ2) is 11.0. The highest BCUT2D eigenvalue weighted by Gasteiger charge is 2.32. The molecule has 0 amide bonds. The van der Waals surface area contributed by atoms with Gasteiger partial charge in [0.2, 0.25) is 5.95 Å². The van der Waals surface area contributed by atoms with E-state index in [2.05, 4.69) is 14.8 Å². The lowest BCUT2D eigenvalue weighted by atomic mass is 9.85. The molecule has 0 aliphatic carbocycles. The SMILES string of the molecule is C[Si](C)Oc1ccc2c(nc(C(F)F)n2-c2nc(N3CCOCC3)cc(N3CCCC3CO)n2)c1C(C)(C)C. The number of aromatic nitrogens is 4. The summed E-state index contributed by atoms with van der Waals surface area (Å²) in [6.07, 6.45) is -1.08. The molecule has 2 aliphatic rings. The molecule has 5 rings (SSSR count). The molecule has 2 saturated heterocycles. The first-order valence-corrected chi connectivity index (χ1v) is 15.9. The Balaban J connectivity index is 1.75. The lowest BCUT2D eigenvalue weighted by Gasteiger charge is -2.30. The Labute approximate surface area is 229 Å². The highest BCUT2D eigenvalue weighted by atomic mass is 28.3. The molecule has 1 radical (unpaired) electrons. The molecule has 0 spiro atoms. The Morgan fingerprint density at radius 2 is 1.82 bits per heavy atom. The quantitative estimate of drug-likeness (QED) is 0.424. The molecule has 3 aromatic rings. The number of anilines is 2. The molecule has 12 heteroatoms. The Morgan fingerprint density at radius 3 is 2.46 bits per heavy atom. The van der Waals surface area contributed by atoms with Crippen LogP contribution in [0.5, 0.6) is 5.75 Å². The van der Waals surface area contributed by atoms with Gasteiger partial charge in [0.05, 0.1) is 36.9 Å². The summed E-state index contributed by atoms with van der Waals surface area (Å²) in [5, 5.41) is 9.99. The van der Waals surface area contributed by atoms with Crippen molar-refractivity contribution in [2.75, 3.05) is 49.3 Å². The van der Waals surface area contributed by atoms with Gasteiger partial charge in [0, 0.05) is 31.3 Å². The number of morpholine rings is 1. The maximum Gasteiger partial charge on any atom is 0.296 e. The van der Waals surface area contributed by atoms with E-state index in [1.54, 1.807) is 6.07 Å². The molecular weight excluding hydrogens is 522 g/mol. The number of rotatable bonds is 7. The minimum absolute atomic E-state index is 0.00147. The van der Waals surface area contributed by atoms with Gasteiger partial charge >= 0.3 is 0 Å². The average molecular weight is 560 g/mol. The van der Waals surface area contributed by atoms with Crippen LogP contribution in [0.15, 0.2) is 18.2 Å². The predicted molar refractivity (Wildman–Crippen MR) is 149 cm³/mol. The van der Waals surface area contributed by atoms with E-state index in [4.69, 9.17) is 19.1 Å². The molecule has 211 valence electrons. The Kier molecular flexibility index (Phi) is 7.80. The number of aliphatic hydroxyl groups is 1. The number of hydrogen-bond donors (Lipinski definition) is 1. The third-order valence-electron chi connectivity index (χ3n) is 7.18. The van der Waals surface area contributed by atoms with Crippen molar-refractivity contribution in [1.82, 2.24) is 19.5 Å². The zero-order valence-electron chi connectivity index (χ0n) is 23.2. The van der Waals surface area contributed by atoms with Gasteiger partial charge in [-0.3, -0.25) is 4.57 Å². The largest absolute Gasteiger partial charge is 0.542 e. The Hall–Kier alpha value is -2.83. The van der Waals surface area contributed by atoms with Crippen molar-refractivity contribution in [3.8, 4) is 11.7 Å². The van der Waals surface area contributed by atoms with Gasteiger partial charge in [-0.2, -0.15) is 9.97 Å². The number of halogens is 2. The van der Waals surface area contributed by atoms with Gasteiger partial charge in [0.25, 0.3) is 15.5 Å². The zero-order chi connectivity index (χ0) is 27.9. The van der Waals surface area contributed by atoms with Crippen LogP contribution in [0.2, 0.25) is 13.1 Å². The van der Waals surface area contributed by atoms with Crippen LogP contribution in [-0.2, 0) is 10.2 Å². The van der Waals surface area contributed by atoms with E-state index < -0.39 is 26.7 Å². The van der Waals surface area contributed by atoms with Crippen LogP contribution in [0.3, 0.4) is 0 Å². The van der Waals surface area contributed by atoms with Gasteiger partial charge in [-0.25, -0.2) is 13.8 Å². The van der Waals surface area contributed by atoms with Crippen molar-refractivity contribution in [2.24, 2.45) is 0 Å². The van der Waals surface area contributed by atoms with Crippen molar-refractivity contribution < 1.29 is 23.1 Å². The summed E-state index contributed by atoms with van der Waals surface area (Å²) in [4.78, 5) is 18.3. The lowest BCUT2D eigenvalue weighted by Crippen LogP contribution is -2.38. The van der Waals surface area contributed by atoms with Crippen LogP contribution < -0.4 is 14.2 Å². The minimum Gasteiger partial charge on any atom is -0.542 e. The number of nitrogens with zero attached hydrogens (tertiary/aromatic N) is 6. The average Bonchev–Trinajstić information content (AvgIpc) is 3.52. The molecule has 2 aromatic heterocycles. The first-order valence-electron chi connectivity index (χ1n) is 13.5. The van der Waals surface area contributed by atoms with Gasteiger partial charge in [-0.15, -0.1) is 0 Å².